The molecule has 0 amide bonds. The van der Waals surface area contributed by atoms with Crippen molar-refractivity contribution in [2.24, 2.45) is 0 Å². The number of hydrogen-bond acceptors (Lipinski definition) is 3. The molecule has 5 heteroatoms. The van der Waals surface area contributed by atoms with Crippen LogP contribution in [0.25, 0.3) is 0 Å². The largest absolute Gasteiger partial charge is 0.496 e. The Morgan fingerprint density at radius 1 is 1.00 bits per heavy atom. The standard InChI is InChI=1S/C18H19FN2OS/c1-22-17-5-3-2-4-16(17)18(23)21-12-10-20(11-13-21)15-8-6-14(19)7-9-15/h2-9H,10-13H2,1H3. The summed E-state index contributed by atoms with van der Waals surface area (Å²) in [5.41, 5.74) is 2.01. The van der Waals surface area contributed by atoms with Gasteiger partial charge in [-0.05, 0) is 36.4 Å². The van der Waals surface area contributed by atoms with E-state index in [9.17, 15) is 4.39 Å². The van der Waals surface area contributed by atoms with Gasteiger partial charge in [0.05, 0.1) is 12.7 Å². The van der Waals surface area contributed by atoms with E-state index in [1.807, 2.05) is 36.4 Å². The van der Waals surface area contributed by atoms with Crippen molar-refractivity contribution in [2.75, 3.05) is 38.2 Å². The summed E-state index contributed by atoms with van der Waals surface area (Å²) in [6.07, 6.45) is 0. The van der Waals surface area contributed by atoms with E-state index >= 15 is 0 Å². The average Bonchev–Trinajstić information content (AvgIpc) is 2.62. The Morgan fingerprint density at radius 2 is 1.65 bits per heavy atom. The van der Waals surface area contributed by atoms with Crippen molar-refractivity contribution in [3.05, 3.63) is 59.9 Å². The number of hydrogen-bond donors (Lipinski definition) is 0. The molecule has 1 saturated heterocycles. The van der Waals surface area contributed by atoms with E-state index in [0.29, 0.717) is 0 Å². The summed E-state index contributed by atoms with van der Waals surface area (Å²) >= 11 is 5.64. The predicted octanol–water partition coefficient (Wildman–Crippen LogP) is 3.33. The van der Waals surface area contributed by atoms with Crippen LogP contribution in [0.4, 0.5) is 10.1 Å². The maximum absolute atomic E-state index is 13.0. The van der Waals surface area contributed by atoms with Crippen LogP contribution in [0.15, 0.2) is 48.5 Å². The highest BCUT2D eigenvalue weighted by Crippen LogP contribution is 2.22. The SMILES string of the molecule is COc1ccccc1C(=S)N1CCN(c2ccc(F)cc2)CC1. The molecular weight excluding hydrogens is 311 g/mol. The number of halogens is 1. The molecule has 1 aliphatic heterocycles. The summed E-state index contributed by atoms with van der Waals surface area (Å²) in [5, 5.41) is 0. The minimum atomic E-state index is -0.204. The molecule has 1 heterocycles. The number of methoxy groups -OCH3 is 1. The first-order chi connectivity index (χ1) is 11.2. The lowest BCUT2D eigenvalue weighted by atomic mass is 10.1. The third kappa shape index (κ3) is 3.45. The van der Waals surface area contributed by atoms with Crippen LogP contribution < -0.4 is 9.64 Å². The topological polar surface area (TPSA) is 15.7 Å². The Kier molecular flexibility index (Phi) is 4.76. The maximum Gasteiger partial charge on any atom is 0.129 e. The van der Waals surface area contributed by atoms with Gasteiger partial charge < -0.3 is 14.5 Å². The van der Waals surface area contributed by atoms with Gasteiger partial charge in [0.25, 0.3) is 0 Å². The molecule has 0 spiro atoms. The molecular formula is C18H19FN2OS. The van der Waals surface area contributed by atoms with Crippen molar-refractivity contribution < 1.29 is 9.13 Å². The fourth-order valence-electron chi connectivity index (χ4n) is 2.81. The number of thiocarbonyl (C=S) groups is 1. The van der Waals surface area contributed by atoms with Crippen molar-refractivity contribution in [3.63, 3.8) is 0 Å². The number of para-hydroxylation sites is 1. The molecule has 2 aromatic carbocycles. The molecule has 3 rings (SSSR count). The van der Waals surface area contributed by atoms with Gasteiger partial charge in [-0.15, -0.1) is 0 Å². The second-order valence-corrected chi connectivity index (χ2v) is 5.84. The van der Waals surface area contributed by atoms with Gasteiger partial charge in [0.15, 0.2) is 0 Å². The van der Waals surface area contributed by atoms with Gasteiger partial charge in [0.2, 0.25) is 0 Å². The lowest BCUT2D eigenvalue weighted by Gasteiger charge is -2.37. The van der Waals surface area contributed by atoms with Crippen molar-refractivity contribution in [1.82, 2.24) is 4.90 Å². The first kappa shape index (κ1) is 15.7. The number of piperazine rings is 1. The highest BCUT2D eigenvalue weighted by atomic mass is 32.1. The van der Waals surface area contributed by atoms with E-state index in [2.05, 4.69) is 9.80 Å². The van der Waals surface area contributed by atoms with Crippen molar-refractivity contribution in [2.45, 2.75) is 0 Å². The molecule has 120 valence electrons. The average molecular weight is 330 g/mol. The lowest BCUT2D eigenvalue weighted by Crippen LogP contribution is -2.48. The van der Waals surface area contributed by atoms with E-state index < -0.39 is 0 Å². The zero-order valence-electron chi connectivity index (χ0n) is 13.0. The summed E-state index contributed by atoms with van der Waals surface area (Å²) in [6, 6.07) is 14.5. The van der Waals surface area contributed by atoms with Gasteiger partial charge in [0.1, 0.15) is 16.6 Å². The predicted molar refractivity (Wildman–Crippen MR) is 94.9 cm³/mol. The maximum atomic E-state index is 13.0. The van der Waals surface area contributed by atoms with E-state index in [4.69, 9.17) is 17.0 Å². The van der Waals surface area contributed by atoms with Gasteiger partial charge in [0, 0.05) is 31.9 Å². The van der Waals surface area contributed by atoms with Gasteiger partial charge in [-0.25, -0.2) is 4.39 Å². The molecule has 1 aliphatic rings. The highest BCUT2D eigenvalue weighted by molar-refractivity contribution is 7.80. The van der Waals surface area contributed by atoms with E-state index in [1.54, 1.807) is 7.11 Å². The van der Waals surface area contributed by atoms with Gasteiger partial charge in [-0.2, -0.15) is 0 Å². The summed E-state index contributed by atoms with van der Waals surface area (Å²) in [7, 11) is 1.66. The molecule has 0 aromatic heterocycles. The van der Waals surface area contributed by atoms with Crippen molar-refractivity contribution in [3.8, 4) is 5.75 Å². The molecule has 0 N–H and O–H groups in total. The number of rotatable bonds is 3. The van der Waals surface area contributed by atoms with Crippen LogP contribution >= 0.6 is 12.2 Å². The first-order valence-corrected chi connectivity index (χ1v) is 8.02. The molecule has 0 atom stereocenters. The molecule has 0 saturated carbocycles. The highest BCUT2D eigenvalue weighted by Gasteiger charge is 2.21. The Balaban J connectivity index is 1.66. The summed E-state index contributed by atoms with van der Waals surface area (Å²) in [6.45, 7) is 3.41. The number of nitrogens with zero attached hydrogens (tertiary/aromatic N) is 2. The monoisotopic (exact) mass is 330 g/mol. The normalized spacial score (nSPS) is 14.7. The molecule has 23 heavy (non-hydrogen) atoms. The summed E-state index contributed by atoms with van der Waals surface area (Å²) in [5.74, 6) is 0.600. The Bertz CT molecular complexity index is 682. The molecule has 0 unspecified atom stereocenters. The Morgan fingerprint density at radius 3 is 2.30 bits per heavy atom. The summed E-state index contributed by atoms with van der Waals surface area (Å²) < 4.78 is 18.4. The van der Waals surface area contributed by atoms with Gasteiger partial charge in [-0.3, -0.25) is 0 Å². The van der Waals surface area contributed by atoms with Crippen molar-refractivity contribution >= 4 is 22.9 Å². The van der Waals surface area contributed by atoms with Crippen LogP contribution in [0, 0.1) is 5.82 Å². The Labute approximate surface area is 141 Å². The van der Waals surface area contributed by atoms with E-state index in [0.717, 1.165) is 48.2 Å². The fraction of sp³-hybridized carbons (Fsp3) is 0.278. The summed E-state index contributed by atoms with van der Waals surface area (Å²) in [4.78, 5) is 5.27. The molecule has 3 nitrogen and oxygen atoms in total. The van der Waals surface area contributed by atoms with Gasteiger partial charge in [-0.1, -0.05) is 24.4 Å². The quantitative estimate of drug-likeness (QED) is 0.802. The minimum absolute atomic E-state index is 0.204. The molecule has 0 bridgehead atoms. The zero-order valence-corrected chi connectivity index (χ0v) is 13.9. The van der Waals surface area contributed by atoms with Gasteiger partial charge >= 0.3 is 0 Å². The van der Waals surface area contributed by atoms with Crippen LogP contribution in [0.2, 0.25) is 0 Å². The third-order valence-electron chi connectivity index (χ3n) is 4.10. The Hall–Kier alpha value is -2.14. The van der Waals surface area contributed by atoms with Crippen LogP contribution in [0.5, 0.6) is 5.75 Å². The third-order valence-corrected chi connectivity index (χ3v) is 4.57. The van der Waals surface area contributed by atoms with Crippen LogP contribution in [0.1, 0.15) is 5.56 Å². The van der Waals surface area contributed by atoms with Crippen LogP contribution in [-0.4, -0.2) is 43.2 Å². The minimum Gasteiger partial charge on any atom is -0.496 e. The number of benzene rings is 2. The molecule has 0 radical (unpaired) electrons. The van der Waals surface area contributed by atoms with E-state index in [-0.39, 0.29) is 5.82 Å². The van der Waals surface area contributed by atoms with E-state index in [1.165, 1.54) is 12.1 Å². The smallest absolute Gasteiger partial charge is 0.129 e. The molecule has 0 aliphatic carbocycles. The fourth-order valence-corrected chi connectivity index (χ4v) is 3.16. The second-order valence-electron chi connectivity index (χ2n) is 5.46. The zero-order chi connectivity index (χ0) is 16.2. The molecule has 2 aromatic rings. The van der Waals surface area contributed by atoms with Crippen molar-refractivity contribution in [1.29, 1.82) is 0 Å². The van der Waals surface area contributed by atoms with Crippen LogP contribution in [0.3, 0.4) is 0 Å². The lowest BCUT2D eigenvalue weighted by molar-refractivity contribution is 0.386. The second kappa shape index (κ2) is 6.96. The first-order valence-electron chi connectivity index (χ1n) is 7.62. The number of ether oxygens (including phenoxy) is 1. The number of anilines is 1. The molecule has 1 fully saturated rings. The van der Waals surface area contributed by atoms with Crippen LogP contribution in [-0.2, 0) is 0 Å².